The molecule has 0 bridgehead atoms. The van der Waals surface area contributed by atoms with E-state index in [0.717, 1.165) is 23.7 Å². The third-order valence-corrected chi connectivity index (χ3v) is 3.60. The summed E-state index contributed by atoms with van der Waals surface area (Å²) in [5, 5.41) is 0. The van der Waals surface area contributed by atoms with Crippen LogP contribution in [-0.2, 0) is 0 Å². The molecule has 12 heavy (non-hydrogen) atoms. The third-order valence-electron chi connectivity index (χ3n) is 3.60. The molecule has 0 aromatic carbocycles. The second-order valence-corrected chi connectivity index (χ2v) is 4.87. The lowest BCUT2D eigenvalue weighted by Gasteiger charge is -2.38. The first kappa shape index (κ1) is 9.83. The van der Waals surface area contributed by atoms with Gasteiger partial charge in [-0.15, -0.1) is 0 Å². The molecule has 0 aromatic heterocycles. The second kappa shape index (κ2) is 3.64. The van der Waals surface area contributed by atoms with Crippen LogP contribution >= 0.6 is 0 Å². The van der Waals surface area contributed by atoms with Crippen molar-refractivity contribution in [3.05, 3.63) is 12.2 Å². The SMILES string of the molecule is C=C(C)C1CC(C)CC(C)C1C. The summed E-state index contributed by atoms with van der Waals surface area (Å²) in [4.78, 5) is 0. The highest BCUT2D eigenvalue weighted by Gasteiger charge is 2.30. The van der Waals surface area contributed by atoms with E-state index in [-0.39, 0.29) is 0 Å². The van der Waals surface area contributed by atoms with Crippen molar-refractivity contribution in [3.63, 3.8) is 0 Å². The summed E-state index contributed by atoms with van der Waals surface area (Å²) in [5.41, 5.74) is 1.39. The van der Waals surface area contributed by atoms with Gasteiger partial charge in [0.25, 0.3) is 0 Å². The monoisotopic (exact) mass is 166 g/mol. The summed E-state index contributed by atoms with van der Waals surface area (Å²) >= 11 is 0. The van der Waals surface area contributed by atoms with Crippen molar-refractivity contribution in [1.29, 1.82) is 0 Å². The fraction of sp³-hybridized carbons (Fsp3) is 0.833. The van der Waals surface area contributed by atoms with E-state index in [0.29, 0.717) is 0 Å². The summed E-state index contributed by atoms with van der Waals surface area (Å²) in [6.07, 6.45) is 2.77. The summed E-state index contributed by atoms with van der Waals surface area (Å²) in [7, 11) is 0. The van der Waals surface area contributed by atoms with E-state index >= 15 is 0 Å². The molecular weight excluding hydrogens is 144 g/mol. The Labute approximate surface area is 77.1 Å². The molecule has 70 valence electrons. The maximum absolute atomic E-state index is 4.10. The largest absolute Gasteiger partial charge is 0.0999 e. The second-order valence-electron chi connectivity index (χ2n) is 4.87. The van der Waals surface area contributed by atoms with Crippen molar-refractivity contribution in [2.45, 2.75) is 40.5 Å². The molecule has 0 spiro atoms. The average Bonchev–Trinajstić information content (AvgIpc) is 1.96. The van der Waals surface area contributed by atoms with Gasteiger partial charge in [0.1, 0.15) is 0 Å². The minimum atomic E-state index is 0.781. The van der Waals surface area contributed by atoms with Crippen LogP contribution in [0.1, 0.15) is 40.5 Å². The standard InChI is InChI=1S/C12H22/c1-8(2)12-7-9(3)6-10(4)11(12)5/h9-12H,1,6-7H2,2-5H3. The molecule has 1 aliphatic carbocycles. The molecule has 0 heteroatoms. The zero-order valence-electron chi connectivity index (χ0n) is 8.93. The Morgan fingerprint density at radius 2 is 1.75 bits per heavy atom. The van der Waals surface area contributed by atoms with E-state index in [9.17, 15) is 0 Å². The molecule has 1 rings (SSSR count). The van der Waals surface area contributed by atoms with Gasteiger partial charge in [-0.2, -0.15) is 0 Å². The molecule has 0 aromatic rings. The van der Waals surface area contributed by atoms with Crippen LogP contribution in [-0.4, -0.2) is 0 Å². The fourth-order valence-electron chi connectivity index (χ4n) is 2.64. The first-order valence-corrected chi connectivity index (χ1v) is 5.17. The quantitative estimate of drug-likeness (QED) is 0.519. The van der Waals surface area contributed by atoms with Crippen LogP contribution in [0.4, 0.5) is 0 Å². The zero-order valence-corrected chi connectivity index (χ0v) is 8.93. The summed E-state index contributed by atoms with van der Waals surface area (Å²) in [5.74, 6) is 3.41. The van der Waals surface area contributed by atoms with Gasteiger partial charge >= 0.3 is 0 Å². The summed E-state index contributed by atoms with van der Waals surface area (Å²) in [6, 6.07) is 0. The van der Waals surface area contributed by atoms with Gasteiger partial charge in [0.05, 0.1) is 0 Å². The lowest BCUT2D eigenvalue weighted by Crippen LogP contribution is -2.28. The molecular formula is C12H22. The average molecular weight is 166 g/mol. The normalized spacial score (nSPS) is 42.7. The number of hydrogen-bond acceptors (Lipinski definition) is 0. The van der Waals surface area contributed by atoms with Gasteiger partial charge < -0.3 is 0 Å². The van der Waals surface area contributed by atoms with E-state index in [1.54, 1.807) is 0 Å². The third kappa shape index (κ3) is 1.91. The van der Waals surface area contributed by atoms with Crippen molar-refractivity contribution >= 4 is 0 Å². The van der Waals surface area contributed by atoms with Crippen LogP contribution in [0.2, 0.25) is 0 Å². The summed E-state index contributed by atoms with van der Waals surface area (Å²) in [6.45, 7) is 13.4. The van der Waals surface area contributed by atoms with E-state index in [1.165, 1.54) is 18.4 Å². The maximum Gasteiger partial charge on any atom is -0.0178 e. The highest BCUT2D eigenvalue weighted by atomic mass is 14.4. The molecule has 4 atom stereocenters. The minimum absolute atomic E-state index is 0.781. The zero-order chi connectivity index (χ0) is 9.30. The van der Waals surface area contributed by atoms with E-state index in [2.05, 4.69) is 34.3 Å². The van der Waals surface area contributed by atoms with E-state index in [4.69, 9.17) is 0 Å². The molecule has 0 radical (unpaired) electrons. The molecule has 0 N–H and O–H groups in total. The first-order valence-electron chi connectivity index (χ1n) is 5.17. The van der Waals surface area contributed by atoms with Crippen LogP contribution in [0.15, 0.2) is 12.2 Å². The van der Waals surface area contributed by atoms with Gasteiger partial charge in [0, 0.05) is 0 Å². The van der Waals surface area contributed by atoms with Crippen LogP contribution in [0, 0.1) is 23.7 Å². The minimum Gasteiger partial charge on any atom is -0.0999 e. The van der Waals surface area contributed by atoms with Crippen molar-refractivity contribution < 1.29 is 0 Å². The topological polar surface area (TPSA) is 0 Å². The smallest absolute Gasteiger partial charge is 0.0178 e. The molecule has 0 heterocycles. The van der Waals surface area contributed by atoms with Crippen LogP contribution < -0.4 is 0 Å². The van der Waals surface area contributed by atoms with Gasteiger partial charge in [-0.05, 0) is 43.4 Å². The molecule has 0 nitrogen and oxygen atoms in total. The van der Waals surface area contributed by atoms with Crippen LogP contribution in [0.3, 0.4) is 0 Å². The van der Waals surface area contributed by atoms with E-state index < -0.39 is 0 Å². The lowest BCUT2D eigenvalue weighted by atomic mass is 9.68. The molecule has 0 saturated heterocycles. The molecule has 0 aliphatic heterocycles. The van der Waals surface area contributed by atoms with Gasteiger partial charge in [0.2, 0.25) is 0 Å². The Morgan fingerprint density at radius 3 is 2.25 bits per heavy atom. The molecule has 1 saturated carbocycles. The molecule has 1 fully saturated rings. The Hall–Kier alpha value is -0.260. The highest BCUT2D eigenvalue weighted by Crippen LogP contribution is 2.40. The first-order chi connectivity index (χ1) is 5.52. The highest BCUT2D eigenvalue weighted by molar-refractivity contribution is 5.01. The Morgan fingerprint density at radius 1 is 1.17 bits per heavy atom. The van der Waals surface area contributed by atoms with Gasteiger partial charge in [-0.1, -0.05) is 32.9 Å². The van der Waals surface area contributed by atoms with Gasteiger partial charge in [-0.3, -0.25) is 0 Å². The molecule has 1 aliphatic rings. The van der Waals surface area contributed by atoms with Crippen LogP contribution in [0.5, 0.6) is 0 Å². The number of rotatable bonds is 1. The number of hydrogen-bond donors (Lipinski definition) is 0. The Balaban J connectivity index is 2.66. The van der Waals surface area contributed by atoms with E-state index in [1.807, 2.05) is 0 Å². The van der Waals surface area contributed by atoms with Crippen molar-refractivity contribution in [3.8, 4) is 0 Å². The van der Waals surface area contributed by atoms with Gasteiger partial charge in [0.15, 0.2) is 0 Å². The Bertz CT molecular complexity index is 169. The summed E-state index contributed by atoms with van der Waals surface area (Å²) < 4.78 is 0. The van der Waals surface area contributed by atoms with Crippen molar-refractivity contribution in [2.75, 3.05) is 0 Å². The number of allylic oxidation sites excluding steroid dienone is 1. The predicted octanol–water partition coefficient (Wildman–Crippen LogP) is 3.88. The van der Waals surface area contributed by atoms with Gasteiger partial charge in [-0.25, -0.2) is 0 Å². The maximum atomic E-state index is 4.10. The predicted molar refractivity (Wildman–Crippen MR) is 55.0 cm³/mol. The fourth-order valence-corrected chi connectivity index (χ4v) is 2.64. The van der Waals surface area contributed by atoms with Crippen molar-refractivity contribution in [2.24, 2.45) is 23.7 Å². The molecule has 4 unspecified atom stereocenters. The van der Waals surface area contributed by atoms with Crippen LogP contribution in [0.25, 0.3) is 0 Å². The molecule has 0 amide bonds. The lowest BCUT2D eigenvalue weighted by molar-refractivity contribution is 0.162. The Kier molecular flexibility index (Phi) is 2.98. The van der Waals surface area contributed by atoms with Crippen molar-refractivity contribution in [1.82, 2.24) is 0 Å².